The van der Waals surface area contributed by atoms with Crippen LogP contribution in [-0.4, -0.2) is 11.0 Å². The standard InChI is InChI=1S/C11H11NO2S3/c1-6(14-7(2)13)8-3-10(16-4-8)9-5-17-11(15)12-9/h3-6H,1-2H3,(H,12,15). The predicted molar refractivity (Wildman–Crippen MR) is 73.0 cm³/mol. The van der Waals surface area contributed by atoms with Gasteiger partial charge in [-0.2, -0.15) is 0 Å². The van der Waals surface area contributed by atoms with Gasteiger partial charge in [-0.05, 0) is 30.6 Å². The van der Waals surface area contributed by atoms with Crippen molar-refractivity contribution in [2.24, 2.45) is 0 Å². The number of H-pyrrole nitrogens is 1. The summed E-state index contributed by atoms with van der Waals surface area (Å²) in [5, 5.41) is 3.99. The van der Waals surface area contributed by atoms with E-state index in [4.69, 9.17) is 17.0 Å². The van der Waals surface area contributed by atoms with Crippen molar-refractivity contribution in [3.8, 4) is 10.6 Å². The van der Waals surface area contributed by atoms with E-state index in [0.717, 1.165) is 20.1 Å². The maximum absolute atomic E-state index is 10.9. The molecule has 0 fully saturated rings. The fraction of sp³-hybridized carbons (Fsp3) is 0.273. The molecule has 2 aromatic rings. The molecule has 1 unspecified atom stereocenters. The molecule has 17 heavy (non-hydrogen) atoms. The summed E-state index contributed by atoms with van der Waals surface area (Å²) in [5.41, 5.74) is 2.02. The summed E-state index contributed by atoms with van der Waals surface area (Å²) < 4.78 is 5.90. The molecule has 0 bridgehead atoms. The monoisotopic (exact) mass is 285 g/mol. The van der Waals surface area contributed by atoms with Crippen LogP contribution in [0.2, 0.25) is 0 Å². The van der Waals surface area contributed by atoms with Crippen molar-refractivity contribution in [1.29, 1.82) is 0 Å². The number of hydrogen-bond donors (Lipinski definition) is 1. The quantitative estimate of drug-likeness (QED) is 0.680. The zero-order valence-electron chi connectivity index (χ0n) is 9.35. The molecule has 1 atom stereocenters. The molecule has 6 heteroatoms. The first kappa shape index (κ1) is 12.5. The van der Waals surface area contributed by atoms with Crippen LogP contribution in [0.4, 0.5) is 0 Å². The van der Waals surface area contributed by atoms with E-state index in [1.54, 1.807) is 11.3 Å². The fourth-order valence-corrected chi connectivity index (χ4v) is 3.30. The van der Waals surface area contributed by atoms with Gasteiger partial charge in [0.25, 0.3) is 0 Å². The van der Waals surface area contributed by atoms with Crippen LogP contribution in [0.25, 0.3) is 10.6 Å². The highest BCUT2D eigenvalue weighted by Gasteiger charge is 2.12. The van der Waals surface area contributed by atoms with Crippen molar-refractivity contribution in [2.75, 3.05) is 0 Å². The molecular weight excluding hydrogens is 274 g/mol. The average molecular weight is 285 g/mol. The summed E-state index contributed by atoms with van der Waals surface area (Å²) in [7, 11) is 0. The summed E-state index contributed by atoms with van der Waals surface area (Å²) in [6.07, 6.45) is -0.209. The number of aromatic amines is 1. The predicted octanol–water partition coefficient (Wildman–Crippen LogP) is 4.16. The summed E-state index contributed by atoms with van der Waals surface area (Å²) in [6.45, 7) is 3.28. The highest BCUT2D eigenvalue weighted by atomic mass is 32.1. The summed E-state index contributed by atoms with van der Waals surface area (Å²) in [5.74, 6) is -0.264. The van der Waals surface area contributed by atoms with Crippen LogP contribution in [-0.2, 0) is 9.53 Å². The molecule has 3 nitrogen and oxygen atoms in total. The van der Waals surface area contributed by atoms with Gasteiger partial charge in [0.05, 0.1) is 10.6 Å². The van der Waals surface area contributed by atoms with Crippen molar-refractivity contribution in [1.82, 2.24) is 4.98 Å². The summed E-state index contributed by atoms with van der Waals surface area (Å²) >= 11 is 8.16. The zero-order valence-corrected chi connectivity index (χ0v) is 11.8. The molecule has 0 amide bonds. The number of carbonyl (C=O) groups is 1. The molecule has 2 aromatic heterocycles. The van der Waals surface area contributed by atoms with E-state index >= 15 is 0 Å². The number of esters is 1. The van der Waals surface area contributed by atoms with Crippen LogP contribution in [0, 0.1) is 3.95 Å². The Bertz CT molecular complexity index is 581. The van der Waals surface area contributed by atoms with Crippen LogP contribution >= 0.6 is 34.9 Å². The van der Waals surface area contributed by atoms with E-state index in [2.05, 4.69) is 4.98 Å². The highest BCUT2D eigenvalue weighted by Crippen LogP contribution is 2.31. The second-order valence-electron chi connectivity index (χ2n) is 3.56. The zero-order chi connectivity index (χ0) is 12.4. The molecule has 2 heterocycles. The van der Waals surface area contributed by atoms with Gasteiger partial charge in [-0.25, -0.2) is 0 Å². The largest absolute Gasteiger partial charge is 0.458 e. The third-order valence-corrected chi connectivity index (χ3v) is 4.26. The minimum Gasteiger partial charge on any atom is -0.458 e. The van der Waals surface area contributed by atoms with Crippen molar-refractivity contribution >= 4 is 40.9 Å². The molecule has 90 valence electrons. The second kappa shape index (κ2) is 5.12. The maximum atomic E-state index is 10.9. The fourth-order valence-electron chi connectivity index (χ4n) is 1.42. The van der Waals surface area contributed by atoms with E-state index in [0.29, 0.717) is 0 Å². The molecule has 2 rings (SSSR count). The molecule has 0 radical (unpaired) electrons. The van der Waals surface area contributed by atoms with Crippen LogP contribution < -0.4 is 0 Å². The molecule has 0 saturated heterocycles. The SMILES string of the molecule is CC(=O)OC(C)c1csc(-c2csc(=S)[nH]2)c1. The number of nitrogens with one attached hydrogen (secondary N) is 1. The first-order chi connectivity index (χ1) is 8.06. The Morgan fingerprint density at radius 2 is 2.24 bits per heavy atom. The summed E-state index contributed by atoms with van der Waals surface area (Å²) in [4.78, 5) is 15.1. The van der Waals surface area contributed by atoms with Gasteiger partial charge in [0, 0.05) is 17.9 Å². The normalized spacial score (nSPS) is 12.4. The minimum absolute atomic E-state index is 0.209. The Kier molecular flexibility index (Phi) is 3.76. The third kappa shape index (κ3) is 3.02. The van der Waals surface area contributed by atoms with Gasteiger partial charge < -0.3 is 9.72 Å². The smallest absolute Gasteiger partial charge is 0.303 e. The minimum atomic E-state index is -0.264. The molecule has 0 saturated carbocycles. The number of hydrogen-bond acceptors (Lipinski definition) is 5. The van der Waals surface area contributed by atoms with Crippen molar-refractivity contribution in [2.45, 2.75) is 20.0 Å². The van der Waals surface area contributed by atoms with Gasteiger partial charge in [-0.15, -0.1) is 22.7 Å². The van der Waals surface area contributed by atoms with Crippen molar-refractivity contribution < 1.29 is 9.53 Å². The van der Waals surface area contributed by atoms with Gasteiger partial charge in [0.2, 0.25) is 0 Å². The maximum Gasteiger partial charge on any atom is 0.303 e. The van der Waals surface area contributed by atoms with Gasteiger partial charge in [-0.1, -0.05) is 0 Å². The van der Waals surface area contributed by atoms with Crippen LogP contribution in [0.1, 0.15) is 25.5 Å². The Morgan fingerprint density at radius 3 is 2.82 bits per heavy atom. The first-order valence-corrected chi connectivity index (χ1v) is 7.17. The number of thiazole rings is 1. The van der Waals surface area contributed by atoms with Crippen molar-refractivity contribution in [3.05, 3.63) is 26.3 Å². The van der Waals surface area contributed by atoms with Crippen LogP contribution in [0.5, 0.6) is 0 Å². The lowest BCUT2D eigenvalue weighted by Gasteiger charge is -2.08. The topological polar surface area (TPSA) is 42.1 Å². The number of carbonyl (C=O) groups excluding carboxylic acids is 1. The lowest BCUT2D eigenvalue weighted by atomic mass is 10.2. The molecule has 0 spiro atoms. The lowest BCUT2D eigenvalue weighted by molar-refractivity contribution is -0.145. The lowest BCUT2D eigenvalue weighted by Crippen LogP contribution is -2.03. The number of ether oxygens (including phenoxy) is 1. The third-order valence-electron chi connectivity index (χ3n) is 2.22. The van der Waals surface area contributed by atoms with E-state index < -0.39 is 0 Å². The van der Waals surface area contributed by atoms with Gasteiger partial charge in [0.15, 0.2) is 3.95 Å². The Morgan fingerprint density at radius 1 is 1.47 bits per heavy atom. The molecular formula is C11H11NO2S3. The number of thiophene rings is 1. The highest BCUT2D eigenvalue weighted by molar-refractivity contribution is 7.73. The Labute approximate surface area is 112 Å². The molecule has 0 aromatic carbocycles. The van der Waals surface area contributed by atoms with E-state index in [-0.39, 0.29) is 12.1 Å². The van der Waals surface area contributed by atoms with Crippen LogP contribution in [0.15, 0.2) is 16.8 Å². The van der Waals surface area contributed by atoms with Gasteiger partial charge in [0.1, 0.15) is 6.10 Å². The first-order valence-electron chi connectivity index (χ1n) is 5.00. The number of aromatic nitrogens is 1. The Hall–Kier alpha value is -0.980. The molecule has 0 aliphatic heterocycles. The van der Waals surface area contributed by atoms with E-state index in [1.807, 2.05) is 23.8 Å². The van der Waals surface area contributed by atoms with Gasteiger partial charge in [-0.3, -0.25) is 4.79 Å². The second-order valence-corrected chi connectivity index (χ2v) is 6.02. The molecule has 1 N–H and O–H groups in total. The van der Waals surface area contributed by atoms with E-state index in [1.165, 1.54) is 18.3 Å². The molecule has 0 aliphatic carbocycles. The number of rotatable bonds is 3. The summed E-state index contributed by atoms with van der Waals surface area (Å²) in [6, 6.07) is 2.02. The van der Waals surface area contributed by atoms with E-state index in [9.17, 15) is 4.79 Å². The average Bonchev–Trinajstić information content (AvgIpc) is 2.84. The van der Waals surface area contributed by atoms with Gasteiger partial charge >= 0.3 is 5.97 Å². The Balaban J connectivity index is 2.21. The molecule has 0 aliphatic rings. The van der Waals surface area contributed by atoms with Crippen molar-refractivity contribution in [3.63, 3.8) is 0 Å². The van der Waals surface area contributed by atoms with Crippen LogP contribution in [0.3, 0.4) is 0 Å².